The van der Waals surface area contributed by atoms with Gasteiger partial charge in [0, 0.05) is 28.7 Å². The number of methoxy groups -OCH3 is 1. The van der Waals surface area contributed by atoms with Crippen molar-refractivity contribution in [3.8, 4) is 5.75 Å². The highest BCUT2D eigenvalue weighted by atomic mass is 35.5. The van der Waals surface area contributed by atoms with Gasteiger partial charge < -0.3 is 15.0 Å². The van der Waals surface area contributed by atoms with Crippen LogP contribution in [0.15, 0.2) is 71.6 Å². The highest BCUT2D eigenvalue weighted by Gasteiger charge is 2.35. The van der Waals surface area contributed by atoms with Gasteiger partial charge in [0.15, 0.2) is 0 Å². The smallest absolute Gasteiger partial charge is 0.264 e. The fourth-order valence-corrected chi connectivity index (χ4v) is 6.32. The standard InChI is InChI=1S/C30H35Cl2N3O5S/c1-5-17-33-30(37)26(6-2)34(19-23-24(31)13-10-14-25(23)32)29(36)20-35(27-18-21(3)15-16-28(27)40-4)41(38,39)22-11-8-7-9-12-22/h7-16,18,26H,5-6,17,19-20H2,1-4H3,(H,33,37)/t26-/m0/s1. The lowest BCUT2D eigenvalue weighted by molar-refractivity contribution is -0.140. The van der Waals surface area contributed by atoms with Crippen molar-refractivity contribution in [1.29, 1.82) is 0 Å². The first kappa shape index (κ1) is 32.2. The van der Waals surface area contributed by atoms with Crippen LogP contribution in [0.3, 0.4) is 0 Å². The summed E-state index contributed by atoms with van der Waals surface area (Å²) < 4.78 is 34.6. The summed E-state index contributed by atoms with van der Waals surface area (Å²) in [7, 11) is -2.80. The second-order valence-electron chi connectivity index (χ2n) is 9.44. The van der Waals surface area contributed by atoms with Crippen LogP contribution in [-0.2, 0) is 26.2 Å². The van der Waals surface area contributed by atoms with Crippen molar-refractivity contribution >= 4 is 50.7 Å². The highest BCUT2D eigenvalue weighted by Crippen LogP contribution is 2.34. The van der Waals surface area contributed by atoms with Gasteiger partial charge in [0.25, 0.3) is 10.0 Å². The number of benzene rings is 3. The van der Waals surface area contributed by atoms with E-state index in [1.807, 2.05) is 13.8 Å². The Balaban J connectivity index is 2.15. The van der Waals surface area contributed by atoms with Crippen LogP contribution in [0.4, 0.5) is 5.69 Å². The number of carbonyl (C=O) groups excluding carboxylic acids is 2. The fourth-order valence-electron chi connectivity index (χ4n) is 4.37. The molecule has 3 aromatic rings. The molecule has 3 rings (SSSR count). The molecule has 8 nitrogen and oxygen atoms in total. The predicted octanol–water partition coefficient (Wildman–Crippen LogP) is 5.84. The van der Waals surface area contributed by atoms with Crippen LogP contribution in [0.25, 0.3) is 0 Å². The zero-order chi connectivity index (χ0) is 30.2. The highest BCUT2D eigenvalue weighted by molar-refractivity contribution is 7.92. The predicted molar refractivity (Wildman–Crippen MR) is 163 cm³/mol. The third-order valence-corrected chi connectivity index (χ3v) is 9.02. The number of ether oxygens (including phenoxy) is 1. The number of nitrogens with one attached hydrogen (secondary N) is 1. The maximum absolute atomic E-state index is 14.2. The average molecular weight is 621 g/mol. The molecule has 0 radical (unpaired) electrons. The van der Waals surface area contributed by atoms with Gasteiger partial charge in [-0.2, -0.15) is 0 Å². The molecule has 0 saturated heterocycles. The molecule has 0 aromatic heterocycles. The van der Waals surface area contributed by atoms with Gasteiger partial charge in [-0.1, -0.05) is 67.4 Å². The van der Waals surface area contributed by atoms with Gasteiger partial charge in [-0.15, -0.1) is 0 Å². The molecule has 1 N–H and O–H groups in total. The Bertz CT molecular complexity index is 1450. The van der Waals surface area contributed by atoms with E-state index < -0.39 is 28.5 Å². The number of nitrogens with zero attached hydrogens (tertiary/aromatic N) is 2. The first-order chi connectivity index (χ1) is 19.5. The van der Waals surface area contributed by atoms with E-state index in [-0.39, 0.29) is 35.2 Å². The van der Waals surface area contributed by atoms with Crippen molar-refractivity contribution in [1.82, 2.24) is 10.2 Å². The van der Waals surface area contributed by atoms with Gasteiger partial charge >= 0.3 is 0 Å². The molecule has 41 heavy (non-hydrogen) atoms. The second-order valence-corrected chi connectivity index (χ2v) is 12.1. The van der Waals surface area contributed by atoms with Gasteiger partial charge in [0.05, 0.1) is 17.7 Å². The quantitative estimate of drug-likeness (QED) is 0.259. The lowest BCUT2D eigenvalue weighted by Gasteiger charge is -2.34. The number of carbonyl (C=O) groups is 2. The molecular formula is C30H35Cl2N3O5S. The monoisotopic (exact) mass is 619 g/mol. The van der Waals surface area contributed by atoms with Gasteiger partial charge in [-0.05, 0) is 61.7 Å². The normalized spacial score (nSPS) is 12.0. The van der Waals surface area contributed by atoms with Crippen LogP contribution in [0.5, 0.6) is 5.75 Å². The summed E-state index contributed by atoms with van der Waals surface area (Å²) in [6.45, 7) is 5.26. The lowest BCUT2D eigenvalue weighted by atomic mass is 10.1. The molecular weight excluding hydrogens is 585 g/mol. The fraction of sp³-hybridized carbons (Fsp3) is 0.333. The molecule has 0 fully saturated rings. The van der Waals surface area contributed by atoms with Crippen molar-refractivity contribution in [2.24, 2.45) is 0 Å². The average Bonchev–Trinajstić information content (AvgIpc) is 2.96. The minimum atomic E-state index is -4.23. The van der Waals surface area contributed by atoms with Gasteiger partial charge in [0.1, 0.15) is 18.3 Å². The third kappa shape index (κ3) is 7.72. The van der Waals surface area contributed by atoms with E-state index >= 15 is 0 Å². The number of halogens is 2. The summed E-state index contributed by atoms with van der Waals surface area (Å²) in [5.74, 6) is -0.685. The van der Waals surface area contributed by atoms with Crippen molar-refractivity contribution in [3.63, 3.8) is 0 Å². The number of sulfonamides is 1. The van der Waals surface area contributed by atoms with E-state index in [2.05, 4.69) is 5.32 Å². The lowest BCUT2D eigenvalue weighted by Crippen LogP contribution is -2.52. The second kappa shape index (κ2) is 14.6. The van der Waals surface area contributed by atoms with Crippen LogP contribution >= 0.6 is 23.2 Å². The van der Waals surface area contributed by atoms with Gasteiger partial charge in [-0.3, -0.25) is 13.9 Å². The summed E-state index contributed by atoms with van der Waals surface area (Å²) in [5.41, 5.74) is 1.42. The van der Waals surface area contributed by atoms with Gasteiger partial charge in [-0.25, -0.2) is 8.42 Å². The van der Waals surface area contributed by atoms with Crippen LogP contribution in [0.2, 0.25) is 10.0 Å². The Morgan fingerprint density at radius 2 is 1.63 bits per heavy atom. The van der Waals surface area contributed by atoms with Crippen molar-refractivity contribution in [3.05, 3.63) is 87.9 Å². The van der Waals surface area contributed by atoms with E-state index in [1.165, 1.54) is 24.1 Å². The Morgan fingerprint density at radius 3 is 2.22 bits per heavy atom. The molecule has 1 atom stereocenters. The zero-order valence-electron chi connectivity index (χ0n) is 23.6. The van der Waals surface area contributed by atoms with Crippen LogP contribution in [0.1, 0.15) is 37.8 Å². The molecule has 0 aliphatic rings. The molecule has 0 spiro atoms. The zero-order valence-corrected chi connectivity index (χ0v) is 25.9. The maximum Gasteiger partial charge on any atom is 0.264 e. The minimum Gasteiger partial charge on any atom is -0.495 e. The third-order valence-electron chi connectivity index (χ3n) is 6.54. The maximum atomic E-state index is 14.2. The molecule has 0 saturated carbocycles. The number of amides is 2. The summed E-state index contributed by atoms with van der Waals surface area (Å²) in [4.78, 5) is 28.8. The molecule has 0 aliphatic carbocycles. The Hall–Kier alpha value is -3.27. The SMILES string of the molecule is CCCNC(=O)[C@H](CC)N(Cc1c(Cl)cccc1Cl)C(=O)CN(c1cc(C)ccc1OC)S(=O)(=O)c1ccccc1. The molecule has 11 heteroatoms. The summed E-state index contributed by atoms with van der Waals surface area (Å²) in [6, 6.07) is 17.0. The van der Waals surface area contributed by atoms with Crippen LogP contribution < -0.4 is 14.4 Å². The minimum absolute atomic E-state index is 0.00443. The number of hydrogen-bond acceptors (Lipinski definition) is 5. The van der Waals surface area contributed by atoms with E-state index in [9.17, 15) is 18.0 Å². The molecule has 0 unspecified atom stereocenters. The van der Waals surface area contributed by atoms with E-state index in [1.54, 1.807) is 61.5 Å². The van der Waals surface area contributed by atoms with E-state index in [4.69, 9.17) is 27.9 Å². The van der Waals surface area contributed by atoms with E-state index in [0.717, 1.165) is 9.87 Å². The molecule has 2 amide bonds. The Kier molecular flexibility index (Phi) is 11.5. The first-order valence-electron chi connectivity index (χ1n) is 13.3. The van der Waals surface area contributed by atoms with Crippen molar-refractivity contribution in [2.75, 3.05) is 24.5 Å². The van der Waals surface area contributed by atoms with Crippen LogP contribution in [0, 0.1) is 6.92 Å². The molecule has 220 valence electrons. The molecule has 3 aromatic carbocycles. The van der Waals surface area contributed by atoms with Crippen molar-refractivity contribution in [2.45, 2.75) is 51.1 Å². The van der Waals surface area contributed by atoms with Crippen LogP contribution in [-0.4, -0.2) is 51.4 Å². The number of rotatable bonds is 13. The molecule has 0 heterocycles. The Morgan fingerprint density at radius 1 is 0.976 bits per heavy atom. The molecule has 0 aliphatic heterocycles. The first-order valence-corrected chi connectivity index (χ1v) is 15.5. The van der Waals surface area contributed by atoms with E-state index in [0.29, 0.717) is 28.6 Å². The largest absolute Gasteiger partial charge is 0.495 e. The number of aryl methyl sites for hydroxylation is 1. The Labute approximate surface area is 252 Å². The summed E-state index contributed by atoms with van der Waals surface area (Å²) >= 11 is 12.9. The van der Waals surface area contributed by atoms with Crippen molar-refractivity contribution < 1.29 is 22.7 Å². The number of anilines is 1. The summed E-state index contributed by atoms with van der Waals surface area (Å²) in [5, 5.41) is 3.50. The number of hydrogen-bond donors (Lipinski definition) is 1. The summed E-state index contributed by atoms with van der Waals surface area (Å²) in [6.07, 6.45) is 0.991. The molecule has 0 bridgehead atoms. The van der Waals surface area contributed by atoms with Gasteiger partial charge in [0.2, 0.25) is 11.8 Å². The topological polar surface area (TPSA) is 96.0 Å².